The second kappa shape index (κ2) is 8.92. The smallest absolute Gasteiger partial charge is 0.343 e. The molecule has 1 aliphatic rings. The third kappa shape index (κ3) is 4.55. The maximum atomic E-state index is 12.7. The molecule has 150 valence electrons. The van der Waals surface area contributed by atoms with Gasteiger partial charge >= 0.3 is 12.0 Å². The van der Waals surface area contributed by atoms with Crippen LogP contribution in [0.25, 0.3) is 6.08 Å². The molecule has 0 unspecified atom stereocenters. The number of hydrogen-bond acceptors (Lipinski definition) is 6. The average molecular weight is 396 g/mol. The minimum Gasteiger partial charge on any atom is -0.493 e. The van der Waals surface area contributed by atoms with Gasteiger partial charge in [-0.1, -0.05) is 42.5 Å². The fourth-order valence-electron chi connectivity index (χ4n) is 2.79. The van der Waals surface area contributed by atoms with Crippen LogP contribution in [0.4, 0.5) is 4.79 Å². The number of carbonyl (C=O) groups is 3. The van der Waals surface area contributed by atoms with Crippen LogP contribution >= 0.6 is 0 Å². The molecule has 1 fully saturated rings. The monoisotopic (exact) mass is 396 g/mol. The van der Waals surface area contributed by atoms with E-state index in [9.17, 15) is 14.4 Å². The summed E-state index contributed by atoms with van der Waals surface area (Å²) in [4.78, 5) is 37.6. The number of hydrogen-bond donors (Lipinski definition) is 1. The number of esters is 1. The molecule has 1 heterocycles. The predicted molar refractivity (Wildman–Crippen MR) is 104 cm³/mol. The SMILES string of the molecule is COC(=O)COc1c(/C=C2/NC(=O)N(Cc3ccccc3)C2=O)cccc1OC. The molecule has 3 amide bonds. The third-order valence-corrected chi connectivity index (χ3v) is 4.24. The highest BCUT2D eigenvalue weighted by atomic mass is 16.6. The summed E-state index contributed by atoms with van der Waals surface area (Å²) in [6.45, 7) is -0.167. The molecule has 1 saturated heterocycles. The Morgan fingerprint density at radius 3 is 2.52 bits per heavy atom. The fourth-order valence-corrected chi connectivity index (χ4v) is 2.79. The Morgan fingerprint density at radius 1 is 1.07 bits per heavy atom. The summed E-state index contributed by atoms with van der Waals surface area (Å²) < 4.78 is 15.4. The number of urea groups is 1. The zero-order valence-corrected chi connectivity index (χ0v) is 16.0. The lowest BCUT2D eigenvalue weighted by molar-refractivity contribution is -0.143. The number of nitrogens with zero attached hydrogens (tertiary/aromatic N) is 1. The van der Waals surface area contributed by atoms with Crippen LogP contribution in [0, 0.1) is 0 Å². The first-order valence-corrected chi connectivity index (χ1v) is 8.78. The normalized spacial score (nSPS) is 14.7. The maximum Gasteiger partial charge on any atom is 0.343 e. The highest BCUT2D eigenvalue weighted by Gasteiger charge is 2.33. The second-order valence-electron chi connectivity index (χ2n) is 6.11. The highest BCUT2D eigenvalue weighted by Crippen LogP contribution is 2.33. The van der Waals surface area contributed by atoms with Crippen molar-refractivity contribution in [1.82, 2.24) is 10.2 Å². The molecule has 0 saturated carbocycles. The Balaban J connectivity index is 1.86. The van der Waals surface area contributed by atoms with Gasteiger partial charge in [0, 0.05) is 5.56 Å². The number of imide groups is 1. The summed E-state index contributed by atoms with van der Waals surface area (Å²) in [5.41, 5.74) is 1.40. The maximum absolute atomic E-state index is 12.7. The van der Waals surface area contributed by atoms with E-state index in [1.807, 2.05) is 30.3 Å². The summed E-state index contributed by atoms with van der Waals surface area (Å²) in [6.07, 6.45) is 1.49. The first-order chi connectivity index (χ1) is 14.0. The molecule has 1 N–H and O–H groups in total. The number of carbonyl (C=O) groups excluding carboxylic acids is 3. The molecule has 2 aromatic carbocycles. The molecular weight excluding hydrogens is 376 g/mol. The molecule has 0 atom stereocenters. The van der Waals surface area contributed by atoms with Crippen molar-refractivity contribution in [2.24, 2.45) is 0 Å². The Labute approximate surface area is 167 Å². The number of para-hydroxylation sites is 1. The van der Waals surface area contributed by atoms with Crippen LogP contribution in [-0.2, 0) is 20.9 Å². The van der Waals surface area contributed by atoms with Crippen molar-refractivity contribution in [3.05, 3.63) is 65.4 Å². The zero-order valence-electron chi connectivity index (χ0n) is 16.0. The van der Waals surface area contributed by atoms with Gasteiger partial charge in [-0.25, -0.2) is 9.59 Å². The molecule has 1 aliphatic heterocycles. The molecule has 29 heavy (non-hydrogen) atoms. The van der Waals surface area contributed by atoms with Gasteiger partial charge in [0.2, 0.25) is 0 Å². The van der Waals surface area contributed by atoms with Crippen LogP contribution in [0.15, 0.2) is 54.2 Å². The fraction of sp³-hybridized carbons (Fsp3) is 0.190. The molecule has 8 nitrogen and oxygen atoms in total. The summed E-state index contributed by atoms with van der Waals surface area (Å²) in [5, 5.41) is 2.57. The van der Waals surface area contributed by atoms with E-state index in [-0.39, 0.29) is 24.6 Å². The van der Waals surface area contributed by atoms with Gasteiger partial charge in [0.05, 0.1) is 20.8 Å². The van der Waals surface area contributed by atoms with Crippen molar-refractivity contribution in [3.8, 4) is 11.5 Å². The highest BCUT2D eigenvalue weighted by molar-refractivity contribution is 6.14. The Bertz CT molecular complexity index is 955. The largest absolute Gasteiger partial charge is 0.493 e. The first-order valence-electron chi connectivity index (χ1n) is 8.78. The Kier molecular flexibility index (Phi) is 6.13. The van der Waals surface area contributed by atoms with Gasteiger partial charge in [0.1, 0.15) is 5.70 Å². The summed E-state index contributed by atoms with van der Waals surface area (Å²) in [6, 6.07) is 13.7. The minimum atomic E-state index is -0.561. The minimum absolute atomic E-state index is 0.0992. The number of amides is 3. The van der Waals surface area contributed by atoms with Crippen molar-refractivity contribution < 1.29 is 28.6 Å². The van der Waals surface area contributed by atoms with Gasteiger partial charge in [-0.05, 0) is 17.7 Å². The van der Waals surface area contributed by atoms with Crippen molar-refractivity contribution in [2.75, 3.05) is 20.8 Å². The van der Waals surface area contributed by atoms with E-state index in [1.54, 1.807) is 18.2 Å². The van der Waals surface area contributed by atoms with Crippen LogP contribution in [-0.4, -0.2) is 43.6 Å². The molecule has 0 spiro atoms. The van der Waals surface area contributed by atoms with Gasteiger partial charge < -0.3 is 19.5 Å². The number of rotatable bonds is 7. The number of ether oxygens (including phenoxy) is 3. The number of nitrogens with one attached hydrogen (secondary N) is 1. The van der Waals surface area contributed by atoms with Crippen LogP contribution < -0.4 is 14.8 Å². The van der Waals surface area contributed by atoms with E-state index in [2.05, 4.69) is 10.1 Å². The molecule has 0 radical (unpaired) electrons. The molecule has 0 bridgehead atoms. The summed E-state index contributed by atoms with van der Waals surface area (Å²) >= 11 is 0. The van der Waals surface area contributed by atoms with E-state index in [4.69, 9.17) is 9.47 Å². The molecule has 0 aromatic heterocycles. The standard InChI is InChI=1S/C21H20N2O6/c1-27-17-10-6-9-15(19(17)29-13-18(24)28-2)11-16-20(25)23(21(26)22-16)12-14-7-4-3-5-8-14/h3-11H,12-13H2,1-2H3,(H,22,26)/b16-11+. The topological polar surface area (TPSA) is 94.2 Å². The quantitative estimate of drug-likeness (QED) is 0.439. The van der Waals surface area contributed by atoms with Gasteiger partial charge in [-0.15, -0.1) is 0 Å². The number of methoxy groups -OCH3 is 2. The second-order valence-corrected chi connectivity index (χ2v) is 6.11. The Hall–Kier alpha value is -3.81. The molecular formula is C21H20N2O6. The Morgan fingerprint density at radius 2 is 1.83 bits per heavy atom. The summed E-state index contributed by atoms with van der Waals surface area (Å²) in [7, 11) is 2.71. The van der Waals surface area contributed by atoms with E-state index >= 15 is 0 Å². The van der Waals surface area contributed by atoms with Crippen LogP contribution in [0.5, 0.6) is 11.5 Å². The summed E-state index contributed by atoms with van der Waals surface area (Å²) in [5.74, 6) is -0.382. The van der Waals surface area contributed by atoms with Crippen LogP contribution in [0.1, 0.15) is 11.1 Å². The van der Waals surface area contributed by atoms with Gasteiger partial charge in [0.15, 0.2) is 18.1 Å². The average Bonchev–Trinajstić information content (AvgIpc) is 3.00. The van der Waals surface area contributed by atoms with E-state index < -0.39 is 17.9 Å². The van der Waals surface area contributed by atoms with Crippen molar-refractivity contribution >= 4 is 24.0 Å². The van der Waals surface area contributed by atoms with Gasteiger partial charge in [0.25, 0.3) is 5.91 Å². The van der Waals surface area contributed by atoms with E-state index in [0.717, 1.165) is 10.5 Å². The van der Waals surface area contributed by atoms with E-state index in [0.29, 0.717) is 11.3 Å². The van der Waals surface area contributed by atoms with Gasteiger partial charge in [-0.3, -0.25) is 9.69 Å². The van der Waals surface area contributed by atoms with Crippen molar-refractivity contribution in [2.45, 2.75) is 6.54 Å². The van der Waals surface area contributed by atoms with Gasteiger partial charge in [-0.2, -0.15) is 0 Å². The lowest BCUT2D eigenvalue weighted by Crippen LogP contribution is -2.30. The van der Waals surface area contributed by atoms with Crippen molar-refractivity contribution in [1.29, 1.82) is 0 Å². The van der Waals surface area contributed by atoms with Crippen molar-refractivity contribution in [3.63, 3.8) is 0 Å². The molecule has 3 rings (SSSR count). The van der Waals surface area contributed by atoms with Crippen LogP contribution in [0.2, 0.25) is 0 Å². The lowest BCUT2D eigenvalue weighted by Gasteiger charge is -2.13. The third-order valence-electron chi connectivity index (χ3n) is 4.24. The molecule has 2 aromatic rings. The molecule has 8 heteroatoms. The lowest BCUT2D eigenvalue weighted by atomic mass is 10.1. The number of benzene rings is 2. The molecule has 0 aliphatic carbocycles. The van der Waals surface area contributed by atoms with Crippen LogP contribution in [0.3, 0.4) is 0 Å². The first kappa shape index (κ1) is 19.9. The predicted octanol–water partition coefficient (Wildman–Crippen LogP) is 2.34. The zero-order chi connectivity index (χ0) is 20.8. The van der Waals surface area contributed by atoms with E-state index in [1.165, 1.54) is 20.3 Å².